The van der Waals surface area contributed by atoms with Gasteiger partial charge in [0.2, 0.25) is 5.91 Å². The van der Waals surface area contributed by atoms with E-state index in [1.54, 1.807) is 17.9 Å². The summed E-state index contributed by atoms with van der Waals surface area (Å²) in [4.78, 5) is 28.5. The fourth-order valence-corrected chi connectivity index (χ4v) is 3.51. The molecule has 1 aliphatic heterocycles. The molecule has 1 saturated heterocycles. The van der Waals surface area contributed by atoms with Gasteiger partial charge >= 0.3 is 0 Å². The van der Waals surface area contributed by atoms with Crippen molar-refractivity contribution in [3.63, 3.8) is 0 Å². The average Bonchev–Trinajstić information content (AvgIpc) is 2.59. The van der Waals surface area contributed by atoms with E-state index in [1.165, 1.54) is 12.1 Å². The predicted molar refractivity (Wildman–Crippen MR) is 99.9 cm³/mol. The summed E-state index contributed by atoms with van der Waals surface area (Å²) in [5.41, 5.74) is 1.17. The highest BCUT2D eigenvalue weighted by molar-refractivity contribution is 7.90. The van der Waals surface area contributed by atoms with Crippen molar-refractivity contribution in [2.24, 2.45) is 0 Å². The number of hydrogen-bond donors (Lipinski definition) is 1. The number of carbonyl (C=O) groups excluding carboxylic acids is 2. The molecule has 2 amide bonds. The SMILES string of the molecule is CCCNC(=O)CN1CCN(C(=O)c2cc(S(C)(=O)=O)ccc2C)CC1. The van der Waals surface area contributed by atoms with E-state index in [4.69, 9.17) is 0 Å². The lowest BCUT2D eigenvalue weighted by Gasteiger charge is -2.34. The zero-order valence-electron chi connectivity index (χ0n) is 15.6. The normalized spacial score (nSPS) is 15.7. The van der Waals surface area contributed by atoms with E-state index in [9.17, 15) is 18.0 Å². The number of rotatable bonds is 6. The van der Waals surface area contributed by atoms with Crippen molar-refractivity contribution < 1.29 is 18.0 Å². The van der Waals surface area contributed by atoms with Gasteiger partial charge in [-0.1, -0.05) is 13.0 Å². The van der Waals surface area contributed by atoms with E-state index in [1.807, 2.05) is 11.8 Å². The van der Waals surface area contributed by atoms with Crippen LogP contribution in [0.25, 0.3) is 0 Å². The highest BCUT2D eigenvalue weighted by Crippen LogP contribution is 2.18. The summed E-state index contributed by atoms with van der Waals surface area (Å²) >= 11 is 0. The van der Waals surface area contributed by atoms with E-state index < -0.39 is 9.84 Å². The maximum absolute atomic E-state index is 12.8. The van der Waals surface area contributed by atoms with Crippen LogP contribution in [0, 0.1) is 6.92 Å². The Morgan fingerprint density at radius 3 is 2.38 bits per heavy atom. The number of piperazine rings is 1. The highest BCUT2D eigenvalue weighted by atomic mass is 32.2. The molecule has 1 aromatic carbocycles. The van der Waals surface area contributed by atoms with Crippen molar-refractivity contribution in [3.05, 3.63) is 29.3 Å². The monoisotopic (exact) mass is 381 g/mol. The number of carbonyl (C=O) groups is 2. The van der Waals surface area contributed by atoms with Gasteiger partial charge in [0, 0.05) is 44.5 Å². The Morgan fingerprint density at radius 1 is 1.15 bits per heavy atom. The third kappa shape index (κ3) is 5.28. The van der Waals surface area contributed by atoms with Crippen LogP contribution >= 0.6 is 0 Å². The zero-order chi connectivity index (χ0) is 19.3. The molecule has 1 aliphatic rings. The third-order valence-corrected chi connectivity index (χ3v) is 5.58. The smallest absolute Gasteiger partial charge is 0.254 e. The topological polar surface area (TPSA) is 86.8 Å². The molecule has 1 heterocycles. The molecule has 0 atom stereocenters. The second-order valence-corrected chi connectivity index (χ2v) is 8.68. The number of hydrogen-bond acceptors (Lipinski definition) is 5. The van der Waals surface area contributed by atoms with E-state index >= 15 is 0 Å². The van der Waals surface area contributed by atoms with E-state index in [0.29, 0.717) is 44.8 Å². The first-order valence-electron chi connectivity index (χ1n) is 8.81. The van der Waals surface area contributed by atoms with Gasteiger partial charge in [-0.25, -0.2) is 8.42 Å². The lowest BCUT2D eigenvalue weighted by atomic mass is 10.1. The number of amides is 2. The molecule has 0 unspecified atom stereocenters. The van der Waals surface area contributed by atoms with Gasteiger partial charge in [0.1, 0.15) is 0 Å². The first-order chi connectivity index (χ1) is 12.2. The molecule has 26 heavy (non-hydrogen) atoms. The molecule has 8 heteroatoms. The van der Waals surface area contributed by atoms with Crippen LogP contribution in [0.2, 0.25) is 0 Å². The standard InChI is InChI=1S/C18H27N3O4S/c1-4-7-19-17(22)13-20-8-10-21(11-9-20)18(23)16-12-15(26(3,24)25)6-5-14(16)2/h5-6,12H,4,7-11,13H2,1-3H3,(H,19,22). The van der Waals surface area contributed by atoms with E-state index in [2.05, 4.69) is 5.32 Å². The van der Waals surface area contributed by atoms with Crippen LogP contribution in [0.4, 0.5) is 0 Å². The molecule has 0 aromatic heterocycles. The van der Waals surface area contributed by atoms with Gasteiger partial charge in [-0.2, -0.15) is 0 Å². The quantitative estimate of drug-likeness (QED) is 0.783. The van der Waals surface area contributed by atoms with Gasteiger partial charge in [-0.3, -0.25) is 14.5 Å². The van der Waals surface area contributed by atoms with Crippen LogP contribution in [0.15, 0.2) is 23.1 Å². The molecule has 1 fully saturated rings. The molecule has 0 saturated carbocycles. The van der Waals surface area contributed by atoms with Gasteiger partial charge in [0.25, 0.3) is 5.91 Å². The Labute approximate surface area is 155 Å². The van der Waals surface area contributed by atoms with Crippen LogP contribution in [0.3, 0.4) is 0 Å². The van der Waals surface area contributed by atoms with Gasteiger partial charge in [-0.05, 0) is 31.0 Å². The fourth-order valence-electron chi connectivity index (χ4n) is 2.86. The van der Waals surface area contributed by atoms with Crippen molar-refractivity contribution in [2.45, 2.75) is 25.2 Å². The number of aryl methyl sites for hydroxylation is 1. The molecule has 0 radical (unpaired) electrons. The molecular formula is C18H27N3O4S. The lowest BCUT2D eigenvalue weighted by Crippen LogP contribution is -2.51. The second kappa shape index (κ2) is 8.64. The minimum Gasteiger partial charge on any atom is -0.355 e. The zero-order valence-corrected chi connectivity index (χ0v) is 16.4. The van der Waals surface area contributed by atoms with Crippen LogP contribution in [-0.2, 0) is 14.6 Å². The maximum Gasteiger partial charge on any atom is 0.254 e. The average molecular weight is 381 g/mol. The van der Waals surface area contributed by atoms with Crippen LogP contribution in [0.5, 0.6) is 0 Å². The van der Waals surface area contributed by atoms with Crippen LogP contribution < -0.4 is 5.32 Å². The molecule has 0 bridgehead atoms. The summed E-state index contributed by atoms with van der Waals surface area (Å²) in [6, 6.07) is 4.64. The molecule has 7 nitrogen and oxygen atoms in total. The molecule has 0 spiro atoms. The summed E-state index contributed by atoms with van der Waals surface area (Å²) < 4.78 is 23.5. The van der Waals surface area contributed by atoms with E-state index in [-0.39, 0.29) is 16.7 Å². The summed E-state index contributed by atoms with van der Waals surface area (Å²) in [7, 11) is -3.36. The van der Waals surface area contributed by atoms with Crippen molar-refractivity contribution in [1.29, 1.82) is 0 Å². The molecule has 2 rings (SSSR count). The first kappa shape index (κ1) is 20.4. The minimum atomic E-state index is -3.36. The number of nitrogens with zero attached hydrogens (tertiary/aromatic N) is 2. The number of nitrogens with one attached hydrogen (secondary N) is 1. The Morgan fingerprint density at radius 2 is 1.81 bits per heavy atom. The molecule has 1 N–H and O–H groups in total. The molecule has 1 aromatic rings. The first-order valence-corrected chi connectivity index (χ1v) is 10.7. The Hall–Kier alpha value is -1.93. The predicted octanol–water partition coefficient (Wildman–Crippen LogP) is 0.683. The molecule has 0 aliphatic carbocycles. The third-order valence-electron chi connectivity index (χ3n) is 4.47. The van der Waals surface area contributed by atoms with Crippen molar-refractivity contribution >= 4 is 21.7 Å². The Kier molecular flexibility index (Phi) is 6.77. The van der Waals surface area contributed by atoms with Crippen molar-refractivity contribution in [3.8, 4) is 0 Å². The Balaban J connectivity index is 1.99. The molecule has 144 valence electrons. The summed E-state index contributed by atoms with van der Waals surface area (Å²) in [6.07, 6.45) is 2.04. The van der Waals surface area contributed by atoms with E-state index in [0.717, 1.165) is 18.2 Å². The number of sulfone groups is 1. The van der Waals surface area contributed by atoms with Crippen LogP contribution in [-0.4, -0.2) is 75.6 Å². The summed E-state index contributed by atoms with van der Waals surface area (Å²) in [6.45, 7) is 7.09. The largest absolute Gasteiger partial charge is 0.355 e. The summed E-state index contributed by atoms with van der Waals surface area (Å²) in [5, 5.41) is 2.85. The van der Waals surface area contributed by atoms with Gasteiger partial charge in [-0.15, -0.1) is 0 Å². The fraction of sp³-hybridized carbons (Fsp3) is 0.556. The second-order valence-electron chi connectivity index (χ2n) is 6.67. The van der Waals surface area contributed by atoms with Gasteiger partial charge in [0.05, 0.1) is 11.4 Å². The van der Waals surface area contributed by atoms with Gasteiger partial charge in [0.15, 0.2) is 9.84 Å². The number of benzene rings is 1. The van der Waals surface area contributed by atoms with Gasteiger partial charge < -0.3 is 10.2 Å². The summed E-state index contributed by atoms with van der Waals surface area (Å²) in [5.74, 6) is -0.161. The van der Waals surface area contributed by atoms with Crippen molar-refractivity contribution in [1.82, 2.24) is 15.1 Å². The Bertz CT molecular complexity index is 769. The van der Waals surface area contributed by atoms with Crippen LogP contribution in [0.1, 0.15) is 29.3 Å². The van der Waals surface area contributed by atoms with Crippen molar-refractivity contribution in [2.75, 3.05) is 45.5 Å². The minimum absolute atomic E-state index is 0.00308. The highest BCUT2D eigenvalue weighted by Gasteiger charge is 2.25. The lowest BCUT2D eigenvalue weighted by molar-refractivity contribution is -0.122. The molecular weight excluding hydrogens is 354 g/mol. The maximum atomic E-state index is 12.8.